The molecule has 0 bridgehead atoms. The van der Waals surface area contributed by atoms with Crippen LogP contribution in [0, 0.1) is 0 Å². The highest BCUT2D eigenvalue weighted by Crippen LogP contribution is 2.11. The molecule has 0 amide bonds. The minimum Gasteiger partial charge on any atom is -0.370 e. The van der Waals surface area contributed by atoms with Crippen molar-refractivity contribution in [3.63, 3.8) is 0 Å². The van der Waals surface area contributed by atoms with Gasteiger partial charge in [-0.15, -0.1) is 0 Å². The standard InChI is InChI=1S/C9H13N5/c1-4-6-7(5-2)13-9(12-6)14-8(10)11-3/h4-5H,1-2H2,3H3,(H4,10,11,12,13,14). The Kier molecular flexibility index (Phi) is 3.06. The number of aliphatic imine (C=N–C) groups is 1. The Labute approximate surface area is 82.5 Å². The van der Waals surface area contributed by atoms with Crippen LogP contribution in [0.15, 0.2) is 18.2 Å². The zero-order valence-electron chi connectivity index (χ0n) is 8.04. The summed E-state index contributed by atoms with van der Waals surface area (Å²) in [7, 11) is 1.59. The van der Waals surface area contributed by atoms with Crippen LogP contribution in [0.1, 0.15) is 11.4 Å². The van der Waals surface area contributed by atoms with Crippen molar-refractivity contribution in [1.82, 2.24) is 9.97 Å². The molecule has 5 nitrogen and oxygen atoms in total. The van der Waals surface area contributed by atoms with Crippen LogP contribution in [-0.4, -0.2) is 23.0 Å². The van der Waals surface area contributed by atoms with Crippen LogP contribution in [0.3, 0.4) is 0 Å². The zero-order valence-corrected chi connectivity index (χ0v) is 8.04. The molecule has 4 N–H and O–H groups in total. The van der Waals surface area contributed by atoms with E-state index in [0.29, 0.717) is 11.9 Å². The van der Waals surface area contributed by atoms with Gasteiger partial charge in [0.1, 0.15) is 0 Å². The fraction of sp³-hybridized carbons (Fsp3) is 0.111. The Morgan fingerprint density at radius 3 is 2.71 bits per heavy atom. The minimum atomic E-state index is 0.296. The molecule has 0 aliphatic rings. The Balaban J connectivity index is 2.95. The Morgan fingerprint density at radius 2 is 2.29 bits per heavy atom. The molecule has 0 saturated heterocycles. The highest BCUT2D eigenvalue weighted by molar-refractivity contribution is 5.90. The van der Waals surface area contributed by atoms with Crippen LogP contribution >= 0.6 is 0 Å². The summed E-state index contributed by atoms with van der Waals surface area (Å²) >= 11 is 0. The summed E-state index contributed by atoms with van der Waals surface area (Å²) in [5.41, 5.74) is 7.00. The summed E-state index contributed by atoms with van der Waals surface area (Å²) < 4.78 is 0. The van der Waals surface area contributed by atoms with Gasteiger partial charge >= 0.3 is 0 Å². The van der Waals surface area contributed by atoms with Crippen molar-refractivity contribution in [2.45, 2.75) is 0 Å². The number of nitrogens with two attached hydrogens (primary N) is 1. The molecule has 1 aromatic heterocycles. The molecule has 14 heavy (non-hydrogen) atoms. The van der Waals surface area contributed by atoms with Crippen LogP contribution in [0.25, 0.3) is 12.2 Å². The normalized spacial score (nSPS) is 11.1. The summed E-state index contributed by atoms with van der Waals surface area (Å²) in [6.45, 7) is 7.28. The van der Waals surface area contributed by atoms with Crippen molar-refractivity contribution in [3.05, 3.63) is 24.5 Å². The number of nitrogens with one attached hydrogen (secondary N) is 2. The van der Waals surface area contributed by atoms with E-state index in [1.54, 1.807) is 19.2 Å². The van der Waals surface area contributed by atoms with Crippen molar-refractivity contribution in [3.8, 4) is 0 Å². The average Bonchev–Trinajstić information content (AvgIpc) is 2.59. The largest absolute Gasteiger partial charge is 0.370 e. The summed E-state index contributed by atoms with van der Waals surface area (Å²) in [6, 6.07) is 0. The molecule has 0 fully saturated rings. The first-order valence-electron chi connectivity index (χ1n) is 4.05. The van der Waals surface area contributed by atoms with E-state index in [9.17, 15) is 0 Å². The number of H-pyrrole nitrogens is 1. The van der Waals surface area contributed by atoms with E-state index in [1.807, 2.05) is 0 Å². The first-order chi connectivity index (χ1) is 6.71. The highest BCUT2D eigenvalue weighted by atomic mass is 15.2. The number of nitrogens with zero attached hydrogens (tertiary/aromatic N) is 2. The first kappa shape index (κ1) is 10.0. The summed E-state index contributed by atoms with van der Waals surface area (Å²) in [4.78, 5) is 10.9. The van der Waals surface area contributed by atoms with Gasteiger partial charge in [0.15, 0.2) is 5.96 Å². The maximum atomic E-state index is 5.47. The third-order valence-corrected chi connectivity index (χ3v) is 1.65. The lowest BCUT2D eigenvalue weighted by atomic mass is 10.3. The predicted molar refractivity (Wildman–Crippen MR) is 59.9 cm³/mol. The second-order valence-electron chi connectivity index (χ2n) is 2.53. The number of rotatable bonds is 3. The second-order valence-corrected chi connectivity index (χ2v) is 2.53. The van der Waals surface area contributed by atoms with Gasteiger partial charge in [-0.1, -0.05) is 13.2 Å². The van der Waals surface area contributed by atoms with Gasteiger partial charge in [-0.2, -0.15) is 0 Å². The number of aromatic amines is 1. The number of hydrogen-bond acceptors (Lipinski definition) is 2. The number of hydrogen-bond donors (Lipinski definition) is 3. The molecule has 0 spiro atoms. The average molecular weight is 191 g/mol. The SMILES string of the molecule is C=Cc1nc(NC(N)=NC)[nH]c1C=C. The van der Waals surface area contributed by atoms with Crippen molar-refractivity contribution in [2.75, 3.05) is 12.4 Å². The summed E-state index contributed by atoms with van der Waals surface area (Å²) in [5, 5.41) is 2.79. The lowest BCUT2D eigenvalue weighted by Crippen LogP contribution is -2.22. The van der Waals surface area contributed by atoms with Crippen LogP contribution < -0.4 is 11.1 Å². The van der Waals surface area contributed by atoms with E-state index in [2.05, 4.69) is 33.4 Å². The lowest BCUT2D eigenvalue weighted by molar-refractivity contribution is 1.27. The van der Waals surface area contributed by atoms with E-state index < -0.39 is 0 Å². The molecule has 0 aromatic carbocycles. The number of guanidine groups is 1. The van der Waals surface area contributed by atoms with Crippen LogP contribution in [-0.2, 0) is 0 Å². The van der Waals surface area contributed by atoms with Gasteiger partial charge in [-0.05, 0) is 12.2 Å². The third kappa shape index (κ3) is 2.01. The van der Waals surface area contributed by atoms with Gasteiger partial charge in [0, 0.05) is 7.05 Å². The number of imidazole rings is 1. The fourth-order valence-electron chi connectivity index (χ4n) is 0.948. The van der Waals surface area contributed by atoms with Crippen LogP contribution in [0.4, 0.5) is 5.95 Å². The molecule has 0 saturated carbocycles. The Morgan fingerprint density at radius 1 is 1.57 bits per heavy atom. The Bertz CT molecular complexity index is 349. The number of anilines is 1. The summed E-state index contributed by atoms with van der Waals surface area (Å²) in [5.74, 6) is 0.822. The molecule has 1 aromatic rings. The molecule has 0 radical (unpaired) electrons. The molecular formula is C9H13N5. The van der Waals surface area contributed by atoms with Crippen molar-refractivity contribution < 1.29 is 0 Å². The van der Waals surface area contributed by atoms with E-state index in [1.165, 1.54) is 0 Å². The van der Waals surface area contributed by atoms with Crippen molar-refractivity contribution >= 4 is 24.1 Å². The molecule has 1 rings (SSSR count). The van der Waals surface area contributed by atoms with E-state index >= 15 is 0 Å². The molecule has 5 heteroatoms. The maximum absolute atomic E-state index is 5.47. The van der Waals surface area contributed by atoms with E-state index in [4.69, 9.17) is 5.73 Å². The monoisotopic (exact) mass is 191 g/mol. The lowest BCUT2D eigenvalue weighted by Gasteiger charge is -1.98. The fourth-order valence-corrected chi connectivity index (χ4v) is 0.948. The van der Waals surface area contributed by atoms with Crippen molar-refractivity contribution in [2.24, 2.45) is 10.7 Å². The molecule has 0 unspecified atom stereocenters. The highest BCUT2D eigenvalue weighted by Gasteiger charge is 2.04. The predicted octanol–water partition coefficient (Wildman–Crippen LogP) is 1.05. The maximum Gasteiger partial charge on any atom is 0.208 e. The molecular weight excluding hydrogens is 178 g/mol. The summed E-state index contributed by atoms with van der Waals surface area (Å²) in [6.07, 6.45) is 3.30. The Hall–Kier alpha value is -2.04. The van der Waals surface area contributed by atoms with E-state index in [-0.39, 0.29) is 0 Å². The first-order valence-corrected chi connectivity index (χ1v) is 4.05. The van der Waals surface area contributed by atoms with Crippen LogP contribution in [0.2, 0.25) is 0 Å². The molecule has 0 aliphatic heterocycles. The molecule has 0 atom stereocenters. The smallest absolute Gasteiger partial charge is 0.208 e. The van der Waals surface area contributed by atoms with Gasteiger partial charge in [0.2, 0.25) is 5.95 Å². The van der Waals surface area contributed by atoms with Gasteiger partial charge in [0.25, 0.3) is 0 Å². The minimum absolute atomic E-state index is 0.296. The van der Waals surface area contributed by atoms with Crippen molar-refractivity contribution in [1.29, 1.82) is 0 Å². The van der Waals surface area contributed by atoms with E-state index in [0.717, 1.165) is 11.4 Å². The topological polar surface area (TPSA) is 79.1 Å². The third-order valence-electron chi connectivity index (χ3n) is 1.65. The quantitative estimate of drug-likeness (QED) is 0.493. The van der Waals surface area contributed by atoms with Gasteiger partial charge < -0.3 is 10.7 Å². The second kappa shape index (κ2) is 4.27. The van der Waals surface area contributed by atoms with Gasteiger partial charge in [0.05, 0.1) is 11.4 Å². The molecule has 74 valence electrons. The number of aromatic nitrogens is 2. The van der Waals surface area contributed by atoms with Gasteiger partial charge in [-0.3, -0.25) is 10.3 Å². The van der Waals surface area contributed by atoms with Gasteiger partial charge in [-0.25, -0.2) is 4.98 Å². The zero-order chi connectivity index (χ0) is 10.6. The van der Waals surface area contributed by atoms with Crippen LogP contribution in [0.5, 0.6) is 0 Å². The molecule has 1 heterocycles. The molecule has 0 aliphatic carbocycles.